The minimum Gasteiger partial charge on any atom is -0.494 e. The standard InChI is InChI=1S/C19H20N2O5/c1-4-26-14-7-5-13(6-8-14)17(22)16-12(2)15(11-20)18(23)21(19(16)24)9-10-25-3/h5-8,24H,4,9-10H2,1-3H3. The van der Waals surface area contributed by atoms with E-state index in [4.69, 9.17) is 9.47 Å². The van der Waals surface area contributed by atoms with E-state index >= 15 is 0 Å². The molecule has 0 amide bonds. The summed E-state index contributed by atoms with van der Waals surface area (Å²) in [7, 11) is 1.45. The van der Waals surface area contributed by atoms with Gasteiger partial charge in [-0.1, -0.05) is 0 Å². The van der Waals surface area contributed by atoms with Crippen LogP contribution in [0.15, 0.2) is 29.1 Å². The van der Waals surface area contributed by atoms with Gasteiger partial charge >= 0.3 is 0 Å². The molecule has 0 saturated heterocycles. The Morgan fingerprint density at radius 3 is 2.50 bits per heavy atom. The molecule has 0 bridgehead atoms. The van der Waals surface area contributed by atoms with Gasteiger partial charge in [0.2, 0.25) is 5.88 Å². The Bertz CT molecular complexity index is 907. The molecule has 0 spiro atoms. The first-order valence-electron chi connectivity index (χ1n) is 8.09. The summed E-state index contributed by atoms with van der Waals surface area (Å²) in [5, 5.41) is 19.8. The predicted octanol–water partition coefficient (Wildman–Crippen LogP) is 2.01. The number of aromatic hydroxyl groups is 1. The maximum absolute atomic E-state index is 12.9. The summed E-state index contributed by atoms with van der Waals surface area (Å²) in [5.74, 6) is -0.332. The predicted molar refractivity (Wildman–Crippen MR) is 94.7 cm³/mol. The number of rotatable bonds is 7. The van der Waals surface area contributed by atoms with E-state index in [9.17, 15) is 20.0 Å². The number of methoxy groups -OCH3 is 1. The molecule has 0 aliphatic carbocycles. The van der Waals surface area contributed by atoms with Gasteiger partial charge in [-0.2, -0.15) is 5.26 Å². The molecule has 1 aromatic heterocycles. The number of ketones is 1. The Morgan fingerprint density at radius 2 is 1.96 bits per heavy atom. The van der Waals surface area contributed by atoms with Crippen LogP contribution in [0.1, 0.15) is 34.0 Å². The maximum atomic E-state index is 12.9. The van der Waals surface area contributed by atoms with E-state index in [1.165, 1.54) is 14.0 Å². The summed E-state index contributed by atoms with van der Waals surface area (Å²) in [6.45, 7) is 4.01. The van der Waals surface area contributed by atoms with E-state index in [-0.39, 0.29) is 29.8 Å². The molecule has 2 aromatic rings. The summed E-state index contributed by atoms with van der Waals surface area (Å²) in [6, 6.07) is 8.26. The fourth-order valence-electron chi connectivity index (χ4n) is 2.63. The smallest absolute Gasteiger partial charge is 0.271 e. The highest BCUT2D eigenvalue weighted by Crippen LogP contribution is 2.25. The Kier molecular flexibility index (Phi) is 6.15. The van der Waals surface area contributed by atoms with Gasteiger partial charge in [-0.05, 0) is 43.7 Å². The van der Waals surface area contributed by atoms with Crippen LogP contribution in [-0.4, -0.2) is 35.8 Å². The van der Waals surface area contributed by atoms with Crippen LogP contribution in [-0.2, 0) is 11.3 Å². The molecule has 0 unspecified atom stereocenters. The van der Waals surface area contributed by atoms with Crippen LogP contribution in [0.4, 0.5) is 0 Å². The topological polar surface area (TPSA) is 102 Å². The second kappa shape index (κ2) is 8.32. The Labute approximate surface area is 151 Å². The number of hydrogen-bond acceptors (Lipinski definition) is 6. The molecular formula is C19H20N2O5. The second-order valence-corrected chi connectivity index (χ2v) is 5.55. The lowest BCUT2D eigenvalue weighted by Gasteiger charge is -2.15. The third-order valence-corrected chi connectivity index (χ3v) is 3.97. The van der Waals surface area contributed by atoms with Crippen molar-refractivity contribution in [1.29, 1.82) is 5.26 Å². The van der Waals surface area contributed by atoms with Crippen LogP contribution < -0.4 is 10.3 Å². The van der Waals surface area contributed by atoms with Crippen molar-refractivity contribution in [2.45, 2.75) is 20.4 Å². The lowest BCUT2D eigenvalue weighted by Crippen LogP contribution is -2.28. The van der Waals surface area contributed by atoms with E-state index in [2.05, 4.69) is 0 Å². The molecule has 26 heavy (non-hydrogen) atoms. The van der Waals surface area contributed by atoms with Crippen LogP contribution >= 0.6 is 0 Å². The highest BCUT2D eigenvalue weighted by atomic mass is 16.5. The highest BCUT2D eigenvalue weighted by Gasteiger charge is 2.24. The number of pyridine rings is 1. The van der Waals surface area contributed by atoms with Gasteiger partial charge in [0.25, 0.3) is 5.56 Å². The number of carbonyl (C=O) groups excluding carboxylic acids is 1. The Hall–Kier alpha value is -3.11. The number of aromatic nitrogens is 1. The molecular weight excluding hydrogens is 336 g/mol. The minimum atomic E-state index is -0.650. The van der Waals surface area contributed by atoms with E-state index in [1.807, 2.05) is 13.0 Å². The van der Waals surface area contributed by atoms with Gasteiger partial charge in [0.05, 0.1) is 25.3 Å². The normalized spacial score (nSPS) is 10.4. The van der Waals surface area contributed by atoms with Crippen molar-refractivity contribution in [1.82, 2.24) is 4.57 Å². The first-order valence-corrected chi connectivity index (χ1v) is 8.09. The maximum Gasteiger partial charge on any atom is 0.271 e. The van der Waals surface area contributed by atoms with Gasteiger partial charge in [0.15, 0.2) is 5.78 Å². The lowest BCUT2D eigenvalue weighted by molar-refractivity contribution is 0.103. The van der Waals surface area contributed by atoms with Crippen molar-refractivity contribution in [3.63, 3.8) is 0 Å². The average molecular weight is 356 g/mol. The molecule has 0 aliphatic rings. The second-order valence-electron chi connectivity index (χ2n) is 5.55. The van der Waals surface area contributed by atoms with Crippen LogP contribution in [0.3, 0.4) is 0 Å². The van der Waals surface area contributed by atoms with E-state index in [0.717, 1.165) is 4.57 Å². The molecule has 0 saturated carbocycles. The highest BCUT2D eigenvalue weighted by molar-refractivity contribution is 6.11. The first kappa shape index (κ1) is 19.2. The molecule has 0 radical (unpaired) electrons. The third kappa shape index (κ3) is 3.60. The fraction of sp³-hybridized carbons (Fsp3) is 0.316. The molecule has 0 aliphatic heterocycles. The van der Waals surface area contributed by atoms with Crippen LogP contribution in [0.25, 0.3) is 0 Å². The molecule has 136 valence electrons. The SMILES string of the molecule is CCOc1ccc(C(=O)c2c(C)c(C#N)c(=O)n(CCOC)c2O)cc1. The largest absolute Gasteiger partial charge is 0.494 e. The Morgan fingerprint density at radius 1 is 1.31 bits per heavy atom. The third-order valence-electron chi connectivity index (χ3n) is 3.97. The molecule has 0 atom stereocenters. The number of nitrogens with zero attached hydrogens (tertiary/aromatic N) is 2. The number of hydrogen-bond donors (Lipinski definition) is 1. The molecule has 1 heterocycles. The van der Waals surface area contributed by atoms with Crippen molar-refractivity contribution < 1.29 is 19.4 Å². The van der Waals surface area contributed by atoms with Crippen LogP contribution in [0.2, 0.25) is 0 Å². The van der Waals surface area contributed by atoms with Crippen molar-refractivity contribution >= 4 is 5.78 Å². The quantitative estimate of drug-likeness (QED) is 0.762. The minimum absolute atomic E-state index is 0.0275. The molecule has 7 nitrogen and oxygen atoms in total. The number of ether oxygens (including phenoxy) is 2. The van der Waals surface area contributed by atoms with Gasteiger partial charge in [-0.3, -0.25) is 14.2 Å². The van der Waals surface area contributed by atoms with Gasteiger partial charge in [-0.25, -0.2) is 0 Å². The first-order chi connectivity index (χ1) is 12.5. The Balaban J connectivity index is 2.58. The van der Waals surface area contributed by atoms with E-state index in [0.29, 0.717) is 17.9 Å². The molecule has 1 N–H and O–H groups in total. The summed E-state index contributed by atoms with van der Waals surface area (Å²) >= 11 is 0. The summed E-state index contributed by atoms with van der Waals surface area (Å²) < 4.78 is 11.3. The van der Waals surface area contributed by atoms with Crippen molar-refractivity contribution in [2.75, 3.05) is 20.3 Å². The van der Waals surface area contributed by atoms with E-state index in [1.54, 1.807) is 24.3 Å². The average Bonchev–Trinajstić information content (AvgIpc) is 2.63. The summed E-state index contributed by atoms with van der Waals surface area (Å²) in [6.07, 6.45) is 0. The van der Waals surface area contributed by atoms with Gasteiger partial charge in [0.1, 0.15) is 17.4 Å². The molecule has 7 heteroatoms. The van der Waals surface area contributed by atoms with Crippen LogP contribution in [0.5, 0.6) is 11.6 Å². The van der Waals surface area contributed by atoms with Gasteiger partial charge in [-0.15, -0.1) is 0 Å². The zero-order valence-electron chi connectivity index (χ0n) is 14.9. The molecule has 0 fully saturated rings. The monoisotopic (exact) mass is 356 g/mol. The van der Waals surface area contributed by atoms with Gasteiger partial charge < -0.3 is 14.6 Å². The van der Waals surface area contributed by atoms with Crippen molar-refractivity contribution in [3.8, 4) is 17.7 Å². The summed E-state index contributed by atoms with van der Waals surface area (Å²) in [4.78, 5) is 25.3. The zero-order valence-corrected chi connectivity index (χ0v) is 14.9. The lowest BCUT2D eigenvalue weighted by atomic mass is 9.97. The van der Waals surface area contributed by atoms with Crippen LogP contribution in [0, 0.1) is 18.3 Å². The van der Waals surface area contributed by atoms with E-state index < -0.39 is 17.2 Å². The van der Waals surface area contributed by atoms with Crippen molar-refractivity contribution in [2.24, 2.45) is 0 Å². The fourth-order valence-corrected chi connectivity index (χ4v) is 2.63. The molecule has 2 rings (SSSR count). The molecule has 1 aromatic carbocycles. The number of benzene rings is 1. The van der Waals surface area contributed by atoms with Crippen molar-refractivity contribution in [3.05, 3.63) is 56.9 Å². The van der Waals surface area contributed by atoms with Gasteiger partial charge in [0, 0.05) is 12.7 Å². The zero-order chi connectivity index (χ0) is 19.3. The number of carbonyl (C=O) groups is 1. The summed E-state index contributed by atoms with van der Waals surface area (Å²) in [5.41, 5.74) is -0.423. The number of nitriles is 1.